The molecule has 0 atom stereocenters. The molecule has 1 saturated carbocycles. The molecule has 21 heavy (non-hydrogen) atoms. The highest BCUT2D eigenvalue weighted by Crippen LogP contribution is 2.40. The van der Waals surface area contributed by atoms with E-state index in [-0.39, 0.29) is 5.69 Å². The van der Waals surface area contributed by atoms with Gasteiger partial charge in [0.1, 0.15) is 5.82 Å². The van der Waals surface area contributed by atoms with Gasteiger partial charge in [0.2, 0.25) is 0 Å². The Morgan fingerprint density at radius 2 is 2.00 bits per heavy atom. The number of nitro groups is 1. The van der Waals surface area contributed by atoms with Gasteiger partial charge in [-0.25, -0.2) is 9.97 Å². The molecule has 0 unspecified atom stereocenters. The molecule has 3 rings (SSSR count). The van der Waals surface area contributed by atoms with Gasteiger partial charge < -0.3 is 5.32 Å². The van der Waals surface area contributed by atoms with Crippen LogP contribution in [0.1, 0.15) is 31.4 Å². The summed E-state index contributed by atoms with van der Waals surface area (Å²) < 4.78 is 0. The third-order valence-electron chi connectivity index (χ3n) is 3.44. The van der Waals surface area contributed by atoms with Gasteiger partial charge in [-0.05, 0) is 31.9 Å². The summed E-state index contributed by atoms with van der Waals surface area (Å²) in [4.78, 5) is 19.4. The van der Waals surface area contributed by atoms with Crippen LogP contribution in [0.4, 0.5) is 11.5 Å². The smallest absolute Gasteiger partial charge is 0.269 e. The van der Waals surface area contributed by atoms with Crippen molar-refractivity contribution >= 4 is 11.5 Å². The normalized spacial score (nSPS) is 14.0. The summed E-state index contributed by atoms with van der Waals surface area (Å²) >= 11 is 0. The summed E-state index contributed by atoms with van der Waals surface area (Å²) in [6.45, 7) is 2.81. The predicted octanol–water partition coefficient (Wildman–Crippen LogP) is 3.36. The van der Waals surface area contributed by atoms with Crippen molar-refractivity contribution < 1.29 is 4.92 Å². The van der Waals surface area contributed by atoms with Crippen molar-refractivity contribution in [2.24, 2.45) is 0 Å². The highest BCUT2D eigenvalue weighted by atomic mass is 16.6. The van der Waals surface area contributed by atoms with Crippen LogP contribution in [0.2, 0.25) is 0 Å². The third-order valence-corrected chi connectivity index (χ3v) is 3.44. The van der Waals surface area contributed by atoms with E-state index >= 15 is 0 Å². The van der Waals surface area contributed by atoms with Crippen molar-refractivity contribution in [1.82, 2.24) is 9.97 Å². The topological polar surface area (TPSA) is 81.0 Å². The van der Waals surface area contributed by atoms with E-state index in [0.717, 1.165) is 23.6 Å². The zero-order valence-electron chi connectivity index (χ0n) is 11.7. The Morgan fingerprint density at radius 1 is 1.29 bits per heavy atom. The molecule has 0 radical (unpaired) electrons. The van der Waals surface area contributed by atoms with Crippen LogP contribution in [-0.4, -0.2) is 21.4 Å². The lowest BCUT2D eigenvalue weighted by Gasteiger charge is -2.08. The molecule has 1 aromatic heterocycles. The van der Waals surface area contributed by atoms with Crippen molar-refractivity contribution in [2.45, 2.75) is 25.7 Å². The Bertz CT molecular complexity index is 666. The van der Waals surface area contributed by atoms with Crippen molar-refractivity contribution in [2.75, 3.05) is 11.9 Å². The molecule has 0 bridgehead atoms. The molecular formula is C15H16N4O2. The summed E-state index contributed by atoms with van der Waals surface area (Å²) in [6, 6.07) is 8.35. The maximum absolute atomic E-state index is 10.7. The van der Waals surface area contributed by atoms with Crippen LogP contribution in [0.25, 0.3) is 11.4 Å². The zero-order valence-corrected chi connectivity index (χ0v) is 11.7. The van der Waals surface area contributed by atoms with E-state index in [4.69, 9.17) is 0 Å². The minimum atomic E-state index is -0.407. The largest absolute Gasteiger partial charge is 0.370 e. The van der Waals surface area contributed by atoms with E-state index in [0.29, 0.717) is 11.7 Å². The first-order valence-electron chi connectivity index (χ1n) is 7.05. The first-order chi connectivity index (χ1) is 10.2. The molecule has 0 amide bonds. The minimum absolute atomic E-state index is 0.0732. The molecule has 6 heteroatoms. The number of aromatic nitrogens is 2. The lowest BCUT2D eigenvalue weighted by molar-refractivity contribution is -0.384. The molecule has 108 valence electrons. The van der Waals surface area contributed by atoms with E-state index in [2.05, 4.69) is 15.3 Å². The molecule has 1 N–H and O–H groups in total. The van der Waals surface area contributed by atoms with Gasteiger partial charge in [0.15, 0.2) is 5.82 Å². The van der Waals surface area contributed by atoms with Gasteiger partial charge in [0.25, 0.3) is 5.69 Å². The van der Waals surface area contributed by atoms with Crippen LogP contribution in [-0.2, 0) is 0 Å². The number of hydrogen-bond donors (Lipinski definition) is 1. The Balaban J connectivity index is 1.97. The van der Waals surface area contributed by atoms with E-state index in [1.165, 1.54) is 25.0 Å². The second-order valence-electron chi connectivity index (χ2n) is 5.11. The van der Waals surface area contributed by atoms with Crippen LogP contribution in [0.5, 0.6) is 0 Å². The van der Waals surface area contributed by atoms with E-state index < -0.39 is 4.92 Å². The lowest BCUT2D eigenvalue weighted by atomic mass is 10.2. The van der Waals surface area contributed by atoms with Gasteiger partial charge >= 0.3 is 0 Å². The molecule has 0 aliphatic heterocycles. The fourth-order valence-corrected chi connectivity index (χ4v) is 2.19. The van der Waals surface area contributed by atoms with Crippen LogP contribution in [0.15, 0.2) is 30.3 Å². The molecule has 1 aliphatic carbocycles. The lowest BCUT2D eigenvalue weighted by Crippen LogP contribution is -2.03. The van der Waals surface area contributed by atoms with E-state index in [1.54, 1.807) is 12.1 Å². The number of hydrogen-bond acceptors (Lipinski definition) is 5. The highest BCUT2D eigenvalue weighted by Gasteiger charge is 2.26. The summed E-state index contributed by atoms with van der Waals surface area (Å²) in [5, 5.41) is 13.9. The van der Waals surface area contributed by atoms with E-state index in [1.807, 2.05) is 13.0 Å². The first-order valence-corrected chi connectivity index (χ1v) is 7.05. The van der Waals surface area contributed by atoms with Crippen molar-refractivity contribution in [3.8, 4) is 11.4 Å². The van der Waals surface area contributed by atoms with Crippen LogP contribution < -0.4 is 5.32 Å². The minimum Gasteiger partial charge on any atom is -0.370 e. The summed E-state index contributed by atoms with van der Waals surface area (Å²) in [5.41, 5.74) is 1.92. The van der Waals surface area contributed by atoms with Gasteiger partial charge in [0, 0.05) is 41.9 Å². The molecule has 1 aliphatic rings. The number of nitrogens with one attached hydrogen (secondary N) is 1. The molecule has 0 spiro atoms. The van der Waals surface area contributed by atoms with Gasteiger partial charge in [-0.15, -0.1) is 0 Å². The van der Waals surface area contributed by atoms with Crippen molar-refractivity contribution in [1.29, 1.82) is 0 Å². The number of non-ortho nitro benzene ring substituents is 1. The second kappa shape index (κ2) is 5.47. The average molecular weight is 284 g/mol. The Morgan fingerprint density at radius 3 is 2.57 bits per heavy atom. The monoisotopic (exact) mass is 284 g/mol. The maximum atomic E-state index is 10.7. The average Bonchev–Trinajstić information content (AvgIpc) is 3.32. The first kappa shape index (κ1) is 13.5. The quantitative estimate of drug-likeness (QED) is 0.672. The van der Waals surface area contributed by atoms with Crippen molar-refractivity contribution in [3.05, 3.63) is 46.1 Å². The molecule has 1 aromatic carbocycles. The fourth-order valence-electron chi connectivity index (χ4n) is 2.19. The van der Waals surface area contributed by atoms with Crippen LogP contribution in [0, 0.1) is 10.1 Å². The maximum Gasteiger partial charge on any atom is 0.269 e. The molecule has 1 fully saturated rings. The summed E-state index contributed by atoms with van der Waals surface area (Å²) in [7, 11) is 0. The van der Waals surface area contributed by atoms with Crippen molar-refractivity contribution in [3.63, 3.8) is 0 Å². The van der Waals surface area contributed by atoms with Crippen LogP contribution >= 0.6 is 0 Å². The molecule has 6 nitrogen and oxygen atoms in total. The molecular weight excluding hydrogens is 268 g/mol. The number of rotatable bonds is 5. The predicted molar refractivity (Wildman–Crippen MR) is 80.3 cm³/mol. The summed E-state index contributed by atoms with van der Waals surface area (Å²) in [5.74, 6) is 1.95. The Hall–Kier alpha value is -2.50. The Labute approximate surface area is 122 Å². The molecule has 1 heterocycles. The van der Waals surface area contributed by atoms with Gasteiger partial charge in [0.05, 0.1) is 4.92 Å². The summed E-state index contributed by atoms with van der Waals surface area (Å²) in [6.07, 6.45) is 2.34. The van der Waals surface area contributed by atoms with Gasteiger partial charge in [-0.2, -0.15) is 0 Å². The number of benzene rings is 1. The van der Waals surface area contributed by atoms with Crippen LogP contribution in [0.3, 0.4) is 0 Å². The molecule has 2 aromatic rings. The van der Waals surface area contributed by atoms with E-state index in [9.17, 15) is 10.1 Å². The number of nitro benzene ring substituents is 1. The Kier molecular flexibility index (Phi) is 3.51. The number of nitrogens with zero attached hydrogens (tertiary/aromatic N) is 3. The SMILES string of the molecule is CCNc1cc(C2CC2)nc(-c2ccc([N+](=O)[O-])cc2)n1. The molecule has 0 saturated heterocycles. The third kappa shape index (κ3) is 2.99. The fraction of sp³-hybridized carbons (Fsp3) is 0.333. The zero-order chi connectivity index (χ0) is 14.8. The van der Waals surface area contributed by atoms with Gasteiger partial charge in [-0.3, -0.25) is 10.1 Å². The second-order valence-corrected chi connectivity index (χ2v) is 5.11. The number of anilines is 1. The highest BCUT2D eigenvalue weighted by molar-refractivity contribution is 5.59. The standard InChI is InChI=1S/C15H16N4O2/c1-2-16-14-9-13(10-3-4-10)17-15(18-14)11-5-7-12(8-6-11)19(20)21/h5-10H,2-4H2,1H3,(H,16,17,18). The van der Waals surface area contributed by atoms with Gasteiger partial charge in [-0.1, -0.05) is 0 Å².